The van der Waals surface area contributed by atoms with Gasteiger partial charge in [0.15, 0.2) is 6.61 Å². The number of nitrogens with zero attached hydrogens (tertiary/aromatic N) is 2. The molecule has 0 radical (unpaired) electrons. The zero-order valence-corrected chi connectivity index (χ0v) is 15.5. The van der Waals surface area contributed by atoms with Crippen molar-refractivity contribution in [2.75, 3.05) is 26.0 Å². The summed E-state index contributed by atoms with van der Waals surface area (Å²) in [6.45, 7) is -0.513. The number of rotatable bonds is 6. The maximum absolute atomic E-state index is 12.0. The molecule has 1 aromatic carbocycles. The molecular formula is C16H16ClN3O5S. The third kappa shape index (κ3) is 5.01. The van der Waals surface area contributed by atoms with Gasteiger partial charge in [0.05, 0.1) is 15.5 Å². The van der Waals surface area contributed by atoms with E-state index in [0.717, 1.165) is 4.31 Å². The number of nitrogens with one attached hydrogen (secondary N) is 1. The van der Waals surface area contributed by atoms with Crippen molar-refractivity contribution in [2.45, 2.75) is 4.90 Å². The molecule has 2 rings (SSSR count). The van der Waals surface area contributed by atoms with E-state index in [4.69, 9.17) is 16.3 Å². The third-order valence-corrected chi connectivity index (χ3v) is 5.25. The van der Waals surface area contributed by atoms with Gasteiger partial charge in [0.25, 0.3) is 5.91 Å². The van der Waals surface area contributed by atoms with Crippen LogP contribution in [0.25, 0.3) is 0 Å². The fraction of sp³-hybridized carbons (Fsp3) is 0.188. The Bertz CT molecular complexity index is 896. The van der Waals surface area contributed by atoms with Crippen molar-refractivity contribution in [1.82, 2.24) is 9.29 Å². The van der Waals surface area contributed by atoms with Crippen LogP contribution in [0.3, 0.4) is 0 Å². The highest BCUT2D eigenvalue weighted by Crippen LogP contribution is 2.14. The number of halogens is 1. The second kappa shape index (κ2) is 8.26. The Balaban J connectivity index is 1.93. The highest BCUT2D eigenvalue weighted by Gasteiger charge is 2.18. The lowest BCUT2D eigenvalue weighted by atomic mass is 10.2. The zero-order valence-electron chi connectivity index (χ0n) is 14.0. The number of hydrogen-bond donors (Lipinski definition) is 1. The summed E-state index contributed by atoms with van der Waals surface area (Å²) in [5.74, 6) is -1.05. The van der Waals surface area contributed by atoms with Crippen LogP contribution >= 0.6 is 11.6 Å². The molecule has 0 saturated heterocycles. The number of benzene rings is 1. The van der Waals surface area contributed by atoms with Gasteiger partial charge >= 0.3 is 5.97 Å². The summed E-state index contributed by atoms with van der Waals surface area (Å²) in [7, 11) is -0.765. The molecule has 1 aromatic heterocycles. The minimum Gasteiger partial charge on any atom is -0.452 e. The van der Waals surface area contributed by atoms with E-state index in [0.29, 0.717) is 5.02 Å². The highest BCUT2D eigenvalue weighted by atomic mass is 35.5. The van der Waals surface area contributed by atoms with E-state index in [9.17, 15) is 18.0 Å². The van der Waals surface area contributed by atoms with E-state index in [-0.39, 0.29) is 16.3 Å². The standard InChI is InChI=1S/C16H16ClN3O5S/c1-20(2)26(23,24)13-6-3-11(4-7-13)16(22)25-10-15(21)19-14-8-5-12(17)9-18-14/h3-9H,10H2,1-2H3,(H,18,19,21). The SMILES string of the molecule is CN(C)S(=O)(=O)c1ccc(C(=O)OCC(=O)Nc2ccc(Cl)cn2)cc1. The summed E-state index contributed by atoms with van der Waals surface area (Å²) in [5, 5.41) is 2.87. The summed E-state index contributed by atoms with van der Waals surface area (Å²) >= 11 is 5.69. The minimum absolute atomic E-state index is 0.0469. The molecule has 0 aliphatic heterocycles. The Morgan fingerprint density at radius 3 is 2.35 bits per heavy atom. The van der Waals surface area contributed by atoms with Gasteiger partial charge in [-0.05, 0) is 36.4 Å². The lowest BCUT2D eigenvalue weighted by molar-refractivity contribution is -0.119. The molecule has 1 heterocycles. The first-order valence-electron chi connectivity index (χ1n) is 7.31. The molecule has 0 bridgehead atoms. The van der Waals surface area contributed by atoms with Gasteiger partial charge in [0.2, 0.25) is 10.0 Å². The van der Waals surface area contributed by atoms with E-state index in [2.05, 4.69) is 10.3 Å². The highest BCUT2D eigenvalue weighted by molar-refractivity contribution is 7.89. The molecule has 0 saturated carbocycles. The zero-order chi connectivity index (χ0) is 19.3. The Hall–Kier alpha value is -2.49. The van der Waals surface area contributed by atoms with Gasteiger partial charge in [-0.2, -0.15) is 0 Å². The quantitative estimate of drug-likeness (QED) is 0.745. The van der Waals surface area contributed by atoms with Crippen LogP contribution in [-0.2, 0) is 19.6 Å². The van der Waals surface area contributed by atoms with Gasteiger partial charge in [0, 0.05) is 20.3 Å². The number of amides is 1. The second-order valence-electron chi connectivity index (χ2n) is 5.30. The topological polar surface area (TPSA) is 106 Å². The van der Waals surface area contributed by atoms with Crippen LogP contribution in [0.5, 0.6) is 0 Å². The van der Waals surface area contributed by atoms with Crippen LogP contribution < -0.4 is 5.32 Å². The third-order valence-electron chi connectivity index (χ3n) is 3.20. The molecule has 10 heteroatoms. The Labute approximate surface area is 155 Å². The lowest BCUT2D eigenvalue weighted by Crippen LogP contribution is -2.22. The predicted molar refractivity (Wildman–Crippen MR) is 95.5 cm³/mol. The smallest absolute Gasteiger partial charge is 0.338 e. The predicted octanol–water partition coefficient (Wildman–Crippen LogP) is 1.78. The summed E-state index contributed by atoms with van der Waals surface area (Å²) in [5.41, 5.74) is 0.125. The van der Waals surface area contributed by atoms with Gasteiger partial charge < -0.3 is 10.1 Å². The molecule has 1 amide bonds. The fourth-order valence-electron chi connectivity index (χ4n) is 1.82. The number of esters is 1. The summed E-state index contributed by atoms with van der Waals surface area (Å²) in [6, 6.07) is 8.29. The minimum atomic E-state index is -3.58. The number of carbonyl (C=O) groups excluding carboxylic acids is 2. The number of pyridine rings is 1. The molecular weight excluding hydrogens is 382 g/mol. The molecule has 1 N–H and O–H groups in total. The van der Waals surface area contributed by atoms with Crippen molar-refractivity contribution < 1.29 is 22.7 Å². The van der Waals surface area contributed by atoms with E-state index in [1.54, 1.807) is 6.07 Å². The van der Waals surface area contributed by atoms with Gasteiger partial charge in [-0.3, -0.25) is 4.79 Å². The summed E-state index contributed by atoms with van der Waals surface area (Å²) in [4.78, 5) is 27.6. The normalized spacial score (nSPS) is 11.2. The van der Waals surface area contributed by atoms with Gasteiger partial charge in [-0.1, -0.05) is 11.6 Å². The van der Waals surface area contributed by atoms with Gasteiger partial charge in [-0.25, -0.2) is 22.5 Å². The summed E-state index contributed by atoms with van der Waals surface area (Å²) in [6.07, 6.45) is 1.37. The number of ether oxygens (including phenoxy) is 1. The average molecular weight is 398 g/mol. The van der Waals surface area contributed by atoms with Gasteiger partial charge in [-0.15, -0.1) is 0 Å². The van der Waals surface area contributed by atoms with Gasteiger partial charge in [0.1, 0.15) is 5.82 Å². The molecule has 0 unspecified atom stereocenters. The number of hydrogen-bond acceptors (Lipinski definition) is 6. The largest absolute Gasteiger partial charge is 0.452 e. The van der Waals surface area contributed by atoms with Crippen LogP contribution in [0.4, 0.5) is 5.82 Å². The molecule has 0 atom stereocenters. The molecule has 0 aliphatic rings. The molecule has 8 nitrogen and oxygen atoms in total. The van der Waals surface area contributed by atoms with Crippen LogP contribution in [0.15, 0.2) is 47.5 Å². The maximum atomic E-state index is 12.0. The molecule has 138 valence electrons. The van der Waals surface area contributed by atoms with Crippen LogP contribution in [0, 0.1) is 0 Å². The van der Waals surface area contributed by atoms with Crippen LogP contribution in [0.2, 0.25) is 5.02 Å². The maximum Gasteiger partial charge on any atom is 0.338 e. The molecule has 0 fully saturated rings. The van der Waals surface area contributed by atoms with Crippen LogP contribution in [-0.4, -0.2) is 50.3 Å². The van der Waals surface area contributed by atoms with Crippen molar-refractivity contribution in [2.24, 2.45) is 0 Å². The van der Waals surface area contributed by atoms with E-state index < -0.39 is 28.5 Å². The van der Waals surface area contributed by atoms with E-state index >= 15 is 0 Å². The molecule has 0 aliphatic carbocycles. The average Bonchev–Trinajstić information content (AvgIpc) is 2.61. The van der Waals surface area contributed by atoms with Crippen molar-refractivity contribution in [3.63, 3.8) is 0 Å². The summed E-state index contributed by atoms with van der Waals surface area (Å²) < 4.78 is 29.9. The first-order valence-corrected chi connectivity index (χ1v) is 9.13. The van der Waals surface area contributed by atoms with E-state index in [1.807, 2.05) is 0 Å². The molecule has 0 spiro atoms. The van der Waals surface area contributed by atoms with Crippen molar-refractivity contribution in [3.05, 3.63) is 53.2 Å². The number of aromatic nitrogens is 1. The van der Waals surface area contributed by atoms with E-state index in [1.165, 1.54) is 50.6 Å². The monoisotopic (exact) mass is 397 g/mol. The Kier molecular flexibility index (Phi) is 6.30. The van der Waals surface area contributed by atoms with Crippen molar-refractivity contribution in [3.8, 4) is 0 Å². The Morgan fingerprint density at radius 2 is 1.81 bits per heavy atom. The number of carbonyl (C=O) groups is 2. The first-order chi connectivity index (χ1) is 12.2. The number of anilines is 1. The number of sulfonamides is 1. The molecule has 2 aromatic rings. The molecule has 26 heavy (non-hydrogen) atoms. The van der Waals surface area contributed by atoms with Crippen LogP contribution in [0.1, 0.15) is 10.4 Å². The van der Waals surface area contributed by atoms with Crippen molar-refractivity contribution in [1.29, 1.82) is 0 Å². The Morgan fingerprint density at radius 1 is 1.15 bits per heavy atom. The second-order valence-corrected chi connectivity index (χ2v) is 7.89. The fourth-order valence-corrected chi connectivity index (χ4v) is 2.83. The van der Waals surface area contributed by atoms with Crippen molar-refractivity contribution >= 4 is 39.3 Å². The first kappa shape index (κ1) is 19.8. The lowest BCUT2D eigenvalue weighted by Gasteiger charge is -2.11.